The summed E-state index contributed by atoms with van der Waals surface area (Å²) in [6, 6.07) is 9.12. The number of anilines is 1. The highest BCUT2D eigenvalue weighted by Crippen LogP contribution is 2.37. The number of aromatic amines is 1. The van der Waals surface area contributed by atoms with E-state index in [0.29, 0.717) is 36.9 Å². The minimum Gasteiger partial charge on any atom is -0.496 e. The molecular formula is C39H43FN6O7. The number of hydrogen-bond acceptors (Lipinski definition) is 9. The second-order valence-electron chi connectivity index (χ2n) is 13.7. The number of nitrogens with zero attached hydrogens (tertiary/aromatic N) is 4. The van der Waals surface area contributed by atoms with E-state index in [4.69, 9.17) is 14.2 Å². The van der Waals surface area contributed by atoms with Gasteiger partial charge in [-0.15, -0.1) is 0 Å². The van der Waals surface area contributed by atoms with Crippen molar-refractivity contribution in [3.05, 3.63) is 82.3 Å². The molecule has 14 heteroatoms. The minimum atomic E-state index is -0.698. The van der Waals surface area contributed by atoms with Crippen LogP contribution >= 0.6 is 0 Å². The number of imide groups is 1. The first-order valence-electron chi connectivity index (χ1n) is 18.0. The number of pyridine rings is 2. The molecule has 0 spiro atoms. The van der Waals surface area contributed by atoms with Gasteiger partial charge < -0.3 is 29.0 Å². The Balaban J connectivity index is 0.901. The molecule has 0 bridgehead atoms. The number of likely N-dealkylation sites (tertiary alicyclic amines) is 2. The standard InChI is InChI=1S/C39H43FN6O7/c1-51-34-20-25(30-23-42-37(48)31-22-41-12-5-28(30)31)21-35(52-2)29(34)10-15-44-13-6-26(7-14-44)53-27-8-16-45(17-9-27)38(49)24-3-4-32(40)33(19-24)46-18-11-36(47)43-39(46)50/h3-5,12,19-23,26-27H,6-11,13-18H2,1-2H3,(H,42,48)(H,43,47,50). The maximum Gasteiger partial charge on any atom is 0.328 e. The second kappa shape index (κ2) is 15.7. The Morgan fingerprint density at radius 3 is 2.28 bits per heavy atom. The molecule has 278 valence electrons. The van der Waals surface area contributed by atoms with Crippen molar-refractivity contribution in [2.45, 2.75) is 50.7 Å². The molecule has 7 rings (SSSR count). The molecule has 3 aliphatic heterocycles. The quantitative estimate of drug-likeness (QED) is 0.241. The smallest absolute Gasteiger partial charge is 0.328 e. The van der Waals surface area contributed by atoms with Gasteiger partial charge in [0, 0.05) is 81.0 Å². The van der Waals surface area contributed by atoms with Gasteiger partial charge in [-0.05, 0) is 79.5 Å². The number of methoxy groups -OCH3 is 2. The second-order valence-corrected chi connectivity index (χ2v) is 13.7. The summed E-state index contributed by atoms with van der Waals surface area (Å²) in [7, 11) is 3.31. The summed E-state index contributed by atoms with van der Waals surface area (Å²) < 4.78 is 32.9. The van der Waals surface area contributed by atoms with Crippen LogP contribution in [0.2, 0.25) is 0 Å². The van der Waals surface area contributed by atoms with Crippen molar-refractivity contribution in [1.82, 2.24) is 25.1 Å². The Labute approximate surface area is 306 Å². The Kier molecular flexibility index (Phi) is 10.7. The lowest BCUT2D eigenvalue weighted by atomic mass is 9.98. The van der Waals surface area contributed by atoms with E-state index in [1.54, 1.807) is 37.7 Å². The van der Waals surface area contributed by atoms with Crippen LogP contribution in [0, 0.1) is 5.82 Å². The van der Waals surface area contributed by atoms with Crippen LogP contribution in [0.5, 0.6) is 11.5 Å². The van der Waals surface area contributed by atoms with Crippen LogP contribution in [-0.2, 0) is 16.0 Å². The van der Waals surface area contributed by atoms with Crippen LogP contribution in [0.4, 0.5) is 14.9 Å². The molecule has 0 radical (unpaired) electrons. The Morgan fingerprint density at radius 1 is 0.906 bits per heavy atom. The molecule has 13 nitrogen and oxygen atoms in total. The SMILES string of the molecule is COc1cc(-c2c[nH]c(=O)c3cnccc23)cc(OC)c1CCN1CCC(OC2CCN(C(=O)c3ccc(F)c(N4CCC(=O)NC4=O)c3)CC2)CC1. The van der Waals surface area contributed by atoms with E-state index in [9.17, 15) is 23.6 Å². The zero-order valence-electron chi connectivity index (χ0n) is 29.9. The number of hydrogen-bond donors (Lipinski definition) is 2. The maximum atomic E-state index is 14.7. The third kappa shape index (κ3) is 7.74. The molecule has 0 aliphatic carbocycles. The van der Waals surface area contributed by atoms with Crippen molar-refractivity contribution in [3.63, 3.8) is 0 Å². The fraction of sp³-hybridized carbons (Fsp3) is 0.410. The number of fused-ring (bicyclic) bond motifs is 1. The number of rotatable bonds is 10. The molecule has 2 aromatic heterocycles. The third-order valence-electron chi connectivity index (χ3n) is 10.5. The zero-order chi connectivity index (χ0) is 37.1. The van der Waals surface area contributed by atoms with Crippen LogP contribution in [0.1, 0.15) is 48.0 Å². The molecule has 3 aliphatic rings. The predicted octanol–water partition coefficient (Wildman–Crippen LogP) is 4.52. The highest BCUT2D eigenvalue weighted by atomic mass is 19.1. The van der Waals surface area contributed by atoms with Gasteiger partial charge in [-0.2, -0.15) is 0 Å². The van der Waals surface area contributed by atoms with Gasteiger partial charge in [0.15, 0.2) is 0 Å². The molecule has 2 aromatic carbocycles. The van der Waals surface area contributed by atoms with Crippen molar-refractivity contribution in [3.8, 4) is 22.6 Å². The van der Waals surface area contributed by atoms with Gasteiger partial charge in [0.05, 0.1) is 37.5 Å². The fourth-order valence-electron chi connectivity index (χ4n) is 7.56. The summed E-state index contributed by atoms with van der Waals surface area (Å²) >= 11 is 0. The first kappa shape index (κ1) is 36.0. The number of benzene rings is 2. The van der Waals surface area contributed by atoms with E-state index in [-0.39, 0.29) is 42.3 Å². The maximum absolute atomic E-state index is 14.7. The average molecular weight is 727 g/mol. The molecule has 0 unspecified atom stereocenters. The Bertz CT molecular complexity index is 2050. The number of urea groups is 1. The fourth-order valence-corrected chi connectivity index (χ4v) is 7.56. The van der Waals surface area contributed by atoms with Gasteiger partial charge in [-0.3, -0.25) is 29.6 Å². The number of carbonyl (C=O) groups is 3. The van der Waals surface area contributed by atoms with E-state index in [1.807, 2.05) is 18.2 Å². The van der Waals surface area contributed by atoms with Crippen LogP contribution in [0.15, 0.2) is 59.8 Å². The van der Waals surface area contributed by atoms with Gasteiger partial charge in [0.1, 0.15) is 17.3 Å². The zero-order valence-corrected chi connectivity index (χ0v) is 29.9. The monoisotopic (exact) mass is 726 g/mol. The van der Waals surface area contributed by atoms with Crippen LogP contribution in [0.25, 0.3) is 21.9 Å². The number of amides is 4. The summed E-state index contributed by atoms with van der Waals surface area (Å²) in [4.78, 5) is 61.8. The summed E-state index contributed by atoms with van der Waals surface area (Å²) in [5.41, 5.74) is 2.80. The first-order chi connectivity index (χ1) is 25.7. The van der Waals surface area contributed by atoms with Crippen LogP contribution < -0.4 is 25.2 Å². The van der Waals surface area contributed by atoms with E-state index >= 15 is 0 Å². The molecule has 3 saturated heterocycles. The van der Waals surface area contributed by atoms with Crippen molar-refractivity contribution >= 4 is 34.3 Å². The van der Waals surface area contributed by atoms with E-state index in [0.717, 1.165) is 77.4 Å². The number of carbonyl (C=O) groups excluding carboxylic acids is 3. The van der Waals surface area contributed by atoms with Gasteiger partial charge in [-0.25, -0.2) is 9.18 Å². The normalized spacial score (nSPS) is 17.6. The van der Waals surface area contributed by atoms with Gasteiger partial charge in [-0.1, -0.05) is 0 Å². The number of nitrogens with one attached hydrogen (secondary N) is 2. The molecular weight excluding hydrogens is 683 g/mol. The number of ether oxygens (including phenoxy) is 3. The van der Waals surface area contributed by atoms with Gasteiger partial charge in [0.2, 0.25) is 5.91 Å². The predicted molar refractivity (Wildman–Crippen MR) is 196 cm³/mol. The van der Waals surface area contributed by atoms with E-state index in [1.165, 1.54) is 18.2 Å². The minimum absolute atomic E-state index is 0.0174. The Morgan fingerprint density at radius 2 is 1.60 bits per heavy atom. The van der Waals surface area contributed by atoms with Gasteiger partial charge >= 0.3 is 6.03 Å². The largest absolute Gasteiger partial charge is 0.496 e. The van der Waals surface area contributed by atoms with Crippen LogP contribution in [0.3, 0.4) is 0 Å². The number of aromatic nitrogens is 2. The van der Waals surface area contributed by atoms with E-state index < -0.39 is 17.8 Å². The first-order valence-corrected chi connectivity index (χ1v) is 18.0. The topological polar surface area (TPSA) is 146 Å². The lowest BCUT2D eigenvalue weighted by Crippen LogP contribution is -2.50. The number of H-pyrrole nitrogens is 1. The third-order valence-corrected chi connectivity index (χ3v) is 10.5. The van der Waals surface area contributed by atoms with Crippen LogP contribution in [-0.4, -0.2) is 103 Å². The highest BCUT2D eigenvalue weighted by molar-refractivity contribution is 6.06. The molecule has 53 heavy (non-hydrogen) atoms. The van der Waals surface area contributed by atoms with Crippen molar-refractivity contribution in [2.24, 2.45) is 0 Å². The van der Waals surface area contributed by atoms with Gasteiger partial charge in [0.25, 0.3) is 11.5 Å². The van der Waals surface area contributed by atoms with Crippen molar-refractivity contribution < 1.29 is 33.0 Å². The highest BCUT2D eigenvalue weighted by Gasteiger charge is 2.31. The summed E-state index contributed by atoms with van der Waals surface area (Å²) in [5, 5.41) is 3.51. The number of piperidine rings is 2. The number of halogens is 1. The Hall–Kier alpha value is -5.34. The average Bonchev–Trinajstić information content (AvgIpc) is 3.18. The summed E-state index contributed by atoms with van der Waals surface area (Å²) in [6.07, 6.45) is 9.19. The molecule has 2 N–H and O–H groups in total. The molecule has 0 atom stereocenters. The summed E-state index contributed by atoms with van der Waals surface area (Å²) in [5.74, 6) is 0.184. The molecule has 4 aromatic rings. The summed E-state index contributed by atoms with van der Waals surface area (Å²) in [6.45, 7) is 3.72. The lowest BCUT2D eigenvalue weighted by Gasteiger charge is -2.37. The molecule has 0 saturated carbocycles. The van der Waals surface area contributed by atoms with Crippen molar-refractivity contribution in [2.75, 3.05) is 58.4 Å². The van der Waals surface area contributed by atoms with Crippen molar-refractivity contribution in [1.29, 1.82) is 0 Å². The lowest BCUT2D eigenvalue weighted by molar-refractivity contribution is -0.120. The molecule has 3 fully saturated rings. The van der Waals surface area contributed by atoms with E-state index in [2.05, 4.69) is 20.2 Å². The molecule has 4 amide bonds. The molecule has 5 heterocycles.